The lowest BCUT2D eigenvalue weighted by atomic mass is 10.1. The van der Waals surface area contributed by atoms with Crippen LogP contribution < -0.4 is 10.2 Å². The van der Waals surface area contributed by atoms with Crippen LogP contribution in [0.15, 0.2) is 48.8 Å². The van der Waals surface area contributed by atoms with Gasteiger partial charge in [-0.3, -0.25) is 4.79 Å². The second kappa shape index (κ2) is 7.42. The highest BCUT2D eigenvalue weighted by atomic mass is 16.1. The Morgan fingerprint density at radius 3 is 2.74 bits per heavy atom. The molecule has 6 nitrogen and oxygen atoms in total. The molecule has 1 aromatic heterocycles. The number of carbonyl (C=O) groups is 1. The summed E-state index contributed by atoms with van der Waals surface area (Å²) in [5, 5.41) is 12.8. The molecular weight excluding hydrogens is 338 g/mol. The van der Waals surface area contributed by atoms with E-state index >= 15 is 0 Å². The van der Waals surface area contributed by atoms with Gasteiger partial charge in [0.05, 0.1) is 17.1 Å². The molecule has 1 amide bonds. The van der Waals surface area contributed by atoms with Gasteiger partial charge in [-0.15, -0.1) is 0 Å². The zero-order chi connectivity index (χ0) is 18.6. The molecule has 0 saturated carbocycles. The Morgan fingerprint density at radius 2 is 1.93 bits per heavy atom. The van der Waals surface area contributed by atoms with E-state index in [2.05, 4.69) is 26.3 Å². The number of anilines is 2. The molecule has 1 saturated heterocycles. The van der Waals surface area contributed by atoms with Crippen molar-refractivity contribution in [1.82, 2.24) is 9.97 Å². The predicted molar refractivity (Wildman–Crippen MR) is 105 cm³/mol. The van der Waals surface area contributed by atoms with Crippen molar-refractivity contribution in [1.29, 1.82) is 5.26 Å². The number of piperidine rings is 1. The van der Waals surface area contributed by atoms with Crippen LogP contribution in [0.2, 0.25) is 0 Å². The van der Waals surface area contributed by atoms with E-state index in [0.29, 0.717) is 16.8 Å². The molecule has 134 valence electrons. The van der Waals surface area contributed by atoms with Gasteiger partial charge in [0, 0.05) is 29.7 Å². The van der Waals surface area contributed by atoms with E-state index in [4.69, 9.17) is 5.26 Å². The predicted octanol–water partition coefficient (Wildman–Crippen LogP) is 3.74. The lowest BCUT2D eigenvalue weighted by Gasteiger charge is -2.28. The van der Waals surface area contributed by atoms with Gasteiger partial charge in [-0.1, -0.05) is 6.07 Å². The molecule has 0 atom stereocenters. The number of fused-ring (bicyclic) bond motifs is 1. The average Bonchev–Trinajstić information content (AvgIpc) is 2.74. The number of amides is 1. The Morgan fingerprint density at radius 1 is 1.07 bits per heavy atom. The molecule has 1 aliphatic rings. The van der Waals surface area contributed by atoms with Gasteiger partial charge in [0.2, 0.25) is 0 Å². The number of aromatic nitrogens is 2. The Balaban J connectivity index is 1.64. The topological polar surface area (TPSA) is 81.9 Å². The van der Waals surface area contributed by atoms with Gasteiger partial charge in [-0.2, -0.15) is 5.26 Å². The highest BCUT2D eigenvalue weighted by Gasteiger charge is 2.16. The fourth-order valence-corrected chi connectivity index (χ4v) is 3.41. The van der Waals surface area contributed by atoms with Crippen LogP contribution in [0.5, 0.6) is 0 Å². The van der Waals surface area contributed by atoms with Crippen molar-refractivity contribution in [3.63, 3.8) is 0 Å². The summed E-state index contributed by atoms with van der Waals surface area (Å²) in [4.78, 5) is 23.7. The van der Waals surface area contributed by atoms with E-state index in [-0.39, 0.29) is 5.91 Å². The molecule has 4 rings (SSSR count). The molecule has 27 heavy (non-hydrogen) atoms. The second-order valence-electron chi connectivity index (χ2n) is 6.62. The molecule has 1 aliphatic heterocycles. The maximum absolute atomic E-state index is 12.5. The maximum Gasteiger partial charge on any atom is 0.255 e. The zero-order valence-corrected chi connectivity index (χ0v) is 14.9. The normalized spacial score (nSPS) is 14.0. The molecule has 0 bridgehead atoms. The van der Waals surface area contributed by atoms with E-state index in [1.54, 1.807) is 30.6 Å². The van der Waals surface area contributed by atoms with Crippen LogP contribution >= 0.6 is 0 Å². The first-order valence-corrected chi connectivity index (χ1v) is 9.06. The van der Waals surface area contributed by atoms with Crippen LogP contribution in [0.4, 0.5) is 11.5 Å². The fourth-order valence-electron chi connectivity index (χ4n) is 3.41. The minimum Gasteiger partial charge on any atom is -0.356 e. The van der Waals surface area contributed by atoms with Crippen LogP contribution in [-0.4, -0.2) is 29.0 Å². The smallest absolute Gasteiger partial charge is 0.255 e. The minimum atomic E-state index is -0.247. The number of nitriles is 1. The first-order chi connectivity index (χ1) is 13.2. The molecule has 0 radical (unpaired) electrons. The van der Waals surface area contributed by atoms with E-state index in [0.717, 1.165) is 42.7 Å². The second-order valence-corrected chi connectivity index (χ2v) is 6.62. The van der Waals surface area contributed by atoms with E-state index in [9.17, 15) is 4.79 Å². The van der Waals surface area contributed by atoms with Crippen LogP contribution in [0.1, 0.15) is 35.2 Å². The number of hydrogen-bond acceptors (Lipinski definition) is 5. The van der Waals surface area contributed by atoms with Gasteiger partial charge >= 0.3 is 0 Å². The average molecular weight is 357 g/mol. The number of nitrogens with one attached hydrogen (secondary N) is 1. The molecule has 3 aromatic rings. The number of nitrogens with zero attached hydrogens (tertiary/aromatic N) is 4. The van der Waals surface area contributed by atoms with Crippen molar-refractivity contribution in [3.8, 4) is 6.07 Å². The minimum absolute atomic E-state index is 0.247. The molecule has 0 spiro atoms. The third kappa shape index (κ3) is 3.58. The zero-order valence-electron chi connectivity index (χ0n) is 14.9. The first-order valence-electron chi connectivity index (χ1n) is 9.06. The number of rotatable bonds is 3. The molecular formula is C21H19N5O. The lowest BCUT2D eigenvalue weighted by Crippen LogP contribution is -2.30. The summed E-state index contributed by atoms with van der Waals surface area (Å²) >= 11 is 0. The van der Waals surface area contributed by atoms with E-state index < -0.39 is 0 Å². The number of benzene rings is 2. The molecule has 0 unspecified atom stereocenters. The van der Waals surface area contributed by atoms with Crippen LogP contribution in [-0.2, 0) is 0 Å². The Bertz CT molecular complexity index is 1030. The summed E-state index contributed by atoms with van der Waals surface area (Å²) in [6.45, 7) is 1.98. The van der Waals surface area contributed by atoms with Gasteiger partial charge in [-0.05, 0) is 55.7 Å². The third-order valence-corrected chi connectivity index (χ3v) is 4.78. The van der Waals surface area contributed by atoms with Gasteiger partial charge < -0.3 is 10.2 Å². The van der Waals surface area contributed by atoms with Gasteiger partial charge in [0.1, 0.15) is 12.1 Å². The molecule has 6 heteroatoms. The lowest BCUT2D eigenvalue weighted by molar-refractivity contribution is 0.102. The quantitative estimate of drug-likeness (QED) is 0.772. The van der Waals surface area contributed by atoms with Gasteiger partial charge in [-0.25, -0.2) is 9.97 Å². The molecule has 1 N–H and O–H groups in total. The number of hydrogen-bond donors (Lipinski definition) is 1. The molecule has 2 heterocycles. The van der Waals surface area contributed by atoms with Gasteiger partial charge in [0.25, 0.3) is 5.91 Å². The van der Waals surface area contributed by atoms with E-state index in [1.165, 1.54) is 6.42 Å². The summed E-state index contributed by atoms with van der Waals surface area (Å²) in [5.41, 5.74) is 2.45. The van der Waals surface area contributed by atoms with Crippen LogP contribution in [0.3, 0.4) is 0 Å². The van der Waals surface area contributed by atoms with Crippen molar-refractivity contribution in [2.75, 3.05) is 23.3 Å². The van der Waals surface area contributed by atoms with Crippen molar-refractivity contribution in [2.24, 2.45) is 0 Å². The molecule has 0 aliphatic carbocycles. The summed E-state index contributed by atoms with van der Waals surface area (Å²) in [6, 6.07) is 14.4. The Hall–Kier alpha value is -3.46. The summed E-state index contributed by atoms with van der Waals surface area (Å²) in [5.74, 6) is 0.671. The van der Waals surface area contributed by atoms with Crippen LogP contribution in [0, 0.1) is 11.3 Å². The van der Waals surface area contributed by atoms with Crippen molar-refractivity contribution in [2.45, 2.75) is 19.3 Å². The molecule has 2 aromatic carbocycles. The summed E-state index contributed by atoms with van der Waals surface area (Å²) in [7, 11) is 0. The number of carbonyl (C=O) groups excluding carboxylic acids is 1. The van der Waals surface area contributed by atoms with Crippen molar-refractivity contribution < 1.29 is 4.79 Å². The molecule has 1 fully saturated rings. The third-order valence-electron chi connectivity index (χ3n) is 4.78. The first kappa shape index (κ1) is 17.0. The van der Waals surface area contributed by atoms with Crippen LogP contribution in [0.25, 0.3) is 10.9 Å². The Kier molecular flexibility index (Phi) is 4.67. The highest BCUT2D eigenvalue weighted by molar-refractivity contribution is 6.05. The van der Waals surface area contributed by atoms with Gasteiger partial charge in [0.15, 0.2) is 0 Å². The SMILES string of the molecule is N#Cc1cccc(C(=O)Nc2ccc3ncnc(N4CCCCC4)c3c2)c1. The van der Waals surface area contributed by atoms with E-state index in [1.807, 2.05) is 18.2 Å². The highest BCUT2D eigenvalue weighted by Crippen LogP contribution is 2.28. The fraction of sp³-hybridized carbons (Fsp3) is 0.238. The summed E-state index contributed by atoms with van der Waals surface area (Å²) < 4.78 is 0. The maximum atomic E-state index is 12.5. The summed E-state index contributed by atoms with van der Waals surface area (Å²) in [6.07, 6.45) is 5.18. The monoisotopic (exact) mass is 357 g/mol. The Labute approximate surface area is 157 Å². The van der Waals surface area contributed by atoms with Crippen molar-refractivity contribution in [3.05, 3.63) is 59.9 Å². The largest absolute Gasteiger partial charge is 0.356 e. The van der Waals surface area contributed by atoms with Crippen molar-refractivity contribution >= 4 is 28.3 Å². The standard InChI is InChI=1S/C21H19N5O/c22-13-15-5-4-6-16(11-15)21(27)25-17-7-8-19-18(12-17)20(24-14-23-19)26-9-2-1-3-10-26/h4-8,11-12,14H,1-3,9-10H2,(H,25,27).